The lowest BCUT2D eigenvalue weighted by atomic mass is 10.2. The Bertz CT molecular complexity index is 491. The third kappa shape index (κ3) is 2.04. The first-order valence-electron chi connectivity index (χ1n) is 6.34. The number of carbonyl (C=O) groups is 2. The van der Waals surface area contributed by atoms with Crippen molar-refractivity contribution >= 4 is 17.5 Å². The van der Waals surface area contributed by atoms with Gasteiger partial charge in [0, 0.05) is 6.04 Å². The molecule has 1 saturated carbocycles. The van der Waals surface area contributed by atoms with Crippen molar-refractivity contribution in [3.8, 4) is 0 Å². The first kappa shape index (κ1) is 11.4. The van der Waals surface area contributed by atoms with Crippen LogP contribution in [0.1, 0.15) is 24.8 Å². The number of hydrogen-bond donors (Lipinski definition) is 1. The number of aryl methyl sites for hydroxylation is 1. The Labute approximate surface area is 106 Å². The second-order valence-electron chi connectivity index (χ2n) is 5.10. The predicted octanol–water partition coefficient (Wildman–Crippen LogP) is 1.38. The van der Waals surface area contributed by atoms with Crippen LogP contribution in [-0.4, -0.2) is 23.9 Å². The van der Waals surface area contributed by atoms with Crippen molar-refractivity contribution in [1.29, 1.82) is 0 Å². The van der Waals surface area contributed by atoms with Crippen LogP contribution in [0, 0.1) is 6.92 Å². The molecule has 0 unspecified atom stereocenters. The lowest BCUT2D eigenvalue weighted by Crippen LogP contribution is -2.39. The highest BCUT2D eigenvalue weighted by Crippen LogP contribution is 2.26. The van der Waals surface area contributed by atoms with Gasteiger partial charge in [0.15, 0.2) is 0 Å². The standard InChI is InChI=1S/C14H16N2O2/c1-9-2-6-11(7-3-9)16-13(17)8-12(14(16)18)15-10-4-5-10/h2-3,6-7,10,12,15H,4-5,8H2,1H3/t12-/m1/s1. The quantitative estimate of drug-likeness (QED) is 0.817. The summed E-state index contributed by atoms with van der Waals surface area (Å²) in [6, 6.07) is 7.58. The SMILES string of the molecule is Cc1ccc(N2C(=O)C[C@@H](NC3CC3)C2=O)cc1. The first-order valence-corrected chi connectivity index (χ1v) is 6.34. The summed E-state index contributed by atoms with van der Waals surface area (Å²) in [4.78, 5) is 25.5. The van der Waals surface area contributed by atoms with Gasteiger partial charge in [0.1, 0.15) is 0 Å². The topological polar surface area (TPSA) is 49.4 Å². The zero-order valence-electron chi connectivity index (χ0n) is 10.3. The zero-order valence-corrected chi connectivity index (χ0v) is 10.3. The average molecular weight is 244 g/mol. The highest BCUT2D eigenvalue weighted by Gasteiger charge is 2.41. The van der Waals surface area contributed by atoms with Crippen molar-refractivity contribution in [1.82, 2.24) is 5.32 Å². The summed E-state index contributed by atoms with van der Waals surface area (Å²) in [5.74, 6) is -0.224. The van der Waals surface area contributed by atoms with Gasteiger partial charge in [0.05, 0.1) is 18.2 Å². The highest BCUT2D eigenvalue weighted by atomic mass is 16.2. The van der Waals surface area contributed by atoms with Crippen molar-refractivity contribution in [2.75, 3.05) is 4.90 Å². The molecule has 1 heterocycles. The van der Waals surface area contributed by atoms with E-state index in [4.69, 9.17) is 0 Å². The van der Waals surface area contributed by atoms with Gasteiger partial charge in [-0.3, -0.25) is 9.59 Å². The molecule has 1 aliphatic heterocycles. The zero-order chi connectivity index (χ0) is 12.7. The molecule has 0 spiro atoms. The summed E-state index contributed by atoms with van der Waals surface area (Å²) >= 11 is 0. The third-order valence-electron chi connectivity index (χ3n) is 3.45. The maximum absolute atomic E-state index is 12.2. The molecule has 94 valence electrons. The van der Waals surface area contributed by atoms with E-state index in [0.717, 1.165) is 18.4 Å². The van der Waals surface area contributed by atoms with Crippen LogP contribution in [0.4, 0.5) is 5.69 Å². The predicted molar refractivity (Wildman–Crippen MR) is 68.2 cm³/mol. The Kier molecular flexibility index (Phi) is 2.67. The van der Waals surface area contributed by atoms with Gasteiger partial charge in [-0.05, 0) is 31.9 Å². The monoisotopic (exact) mass is 244 g/mol. The van der Waals surface area contributed by atoms with Gasteiger partial charge in [-0.2, -0.15) is 0 Å². The van der Waals surface area contributed by atoms with Crippen LogP contribution in [-0.2, 0) is 9.59 Å². The van der Waals surface area contributed by atoms with Crippen LogP contribution in [0.2, 0.25) is 0 Å². The summed E-state index contributed by atoms with van der Waals surface area (Å²) < 4.78 is 0. The number of rotatable bonds is 3. The molecule has 4 nitrogen and oxygen atoms in total. The van der Waals surface area contributed by atoms with Gasteiger partial charge in [-0.15, -0.1) is 0 Å². The average Bonchev–Trinajstić information content (AvgIpc) is 3.10. The van der Waals surface area contributed by atoms with E-state index in [-0.39, 0.29) is 24.3 Å². The molecule has 4 heteroatoms. The summed E-state index contributed by atoms with van der Waals surface area (Å²) in [5.41, 5.74) is 1.79. The second-order valence-corrected chi connectivity index (χ2v) is 5.10. The van der Waals surface area contributed by atoms with E-state index in [1.54, 1.807) is 0 Å². The minimum atomic E-state index is -0.327. The number of anilines is 1. The molecule has 1 N–H and O–H groups in total. The Balaban J connectivity index is 1.80. The Morgan fingerprint density at radius 1 is 1.17 bits per heavy atom. The highest BCUT2D eigenvalue weighted by molar-refractivity contribution is 6.22. The van der Waals surface area contributed by atoms with Crippen molar-refractivity contribution in [2.24, 2.45) is 0 Å². The molecule has 1 aliphatic carbocycles. The number of carbonyl (C=O) groups excluding carboxylic acids is 2. The Morgan fingerprint density at radius 2 is 1.83 bits per heavy atom. The molecule has 2 aliphatic rings. The molecule has 0 radical (unpaired) electrons. The van der Waals surface area contributed by atoms with Crippen molar-refractivity contribution < 1.29 is 9.59 Å². The van der Waals surface area contributed by atoms with E-state index in [2.05, 4.69) is 5.32 Å². The third-order valence-corrected chi connectivity index (χ3v) is 3.45. The largest absolute Gasteiger partial charge is 0.303 e. The van der Waals surface area contributed by atoms with Crippen molar-refractivity contribution in [3.63, 3.8) is 0 Å². The summed E-state index contributed by atoms with van der Waals surface area (Å²) in [7, 11) is 0. The van der Waals surface area contributed by atoms with E-state index >= 15 is 0 Å². The van der Waals surface area contributed by atoms with Gasteiger partial charge >= 0.3 is 0 Å². The van der Waals surface area contributed by atoms with Crippen LogP contribution in [0.15, 0.2) is 24.3 Å². The number of nitrogens with zero attached hydrogens (tertiary/aromatic N) is 1. The smallest absolute Gasteiger partial charge is 0.251 e. The fourth-order valence-corrected chi connectivity index (χ4v) is 2.26. The van der Waals surface area contributed by atoms with E-state index in [1.165, 1.54) is 4.90 Å². The normalized spacial score (nSPS) is 23.8. The molecule has 1 saturated heterocycles. The minimum Gasteiger partial charge on any atom is -0.303 e. The fourth-order valence-electron chi connectivity index (χ4n) is 2.26. The maximum Gasteiger partial charge on any atom is 0.251 e. The van der Waals surface area contributed by atoms with Crippen LogP contribution in [0.5, 0.6) is 0 Å². The molecular formula is C14H16N2O2. The Hall–Kier alpha value is -1.68. The molecule has 1 aromatic carbocycles. The van der Waals surface area contributed by atoms with E-state index < -0.39 is 0 Å². The van der Waals surface area contributed by atoms with Crippen molar-refractivity contribution in [3.05, 3.63) is 29.8 Å². The number of nitrogens with one attached hydrogen (secondary N) is 1. The number of hydrogen-bond acceptors (Lipinski definition) is 3. The molecule has 18 heavy (non-hydrogen) atoms. The maximum atomic E-state index is 12.2. The first-order chi connectivity index (χ1) is 8.65. The molecule has 0 aromatic heterocycles. The molecular weight excluding hydrogens is 228 g/mol. The molecule has 0 bridgehead atoms. The van der Waals surface area contributed by atoms with Gasteiger partial charge < -0.3 is 5.32 Å². The summed E-state index contributed by atoms with van der Waals surface area (Å²) in [6.45, 7) is 1.98. The van der Waals surface area contributed by atoms with E-state index in [1.807, 2.05) is 31.2 Å². The van der Waals surface area contributed by atoms with Crippen molar-refractivity contribution in [2.45, 2.75) is 38.3 Å². The molecule has 2 amide bonds. The number of imide groups is 1. The van der Waals surface area contributed by atoms with Gasteiger partial charge in [-0.25, -0.2) is 4.90 Å². The van der Waals surface area contributed by atoms with E-state index in [9.17, 15) is 9.59 Å². The fraction of sp³-hybridized carbons (Fsp3) is 0.429. The van der Waals surface area contributed by atoms with Crippen LogP contribution < -0.4 is 10.2 Å². The summed E-state index contributed by atoms with van der Waals surface area (Å²) in [6.07, 6.45) is 2.51. The van der Waals surface area contributed by atoms with Crippen LogP contribution in [0.3, 0.4) is 0 Å². The Morgan fingerprint density at radius 3 is 2.44 bits per heavy atom. The van der Waals surface area contributed by atoms with Gasteiger partial charge in [0.2, 0.25) is 5.91 Å². The van der Waals surface area contributed by atoms with Crippen LogP contribution in [0.25, 0.3) is 0 Å². The minimum absolute atomic E-state index is 0.109. The van der Waals surface area contributed by atoms with Crippen LogP contribution >= 0.6 is 0 Å². The lowest BCUT2D eigenvalue weighted by molar-refractivity contribution is -0.121. The van der Waals surface area contributed by atoms with Gasteiger partial charge in [0.25, 0.3) is 5.91 Å². The number of benzene rings is 1. The molecule has 1 aromatic rings. The number of amides is 2. The molecule has 3 rings (SSSR count). The second kappa shape index (κ2) is 4.21. The lowest BCUT2D eigenvalue weighted by Gasteiger charge is -2.15. The van der Waals surface area contributed by atoms with Gasteiger partial charge in [-0.1, -0.05) is 17.7 Å². The van der Waals surface area contributed by atoms with E-state index in [0.29, 0.717) is 11.7 Å². The molecule has 2 fully saturated rings. The molecule has 1 atom stereocenters. The summed E-state index contributed by atoms with van der Waals surface area (Å²) in [5, 5.41) is 3.23.